The normalized spacial score (nSPS) is 12.4. The molecule has 1 aromatic carbocycles. The van der Waals surface area contributed by atoms with Gasteiger partial charge in [-0.3, -0.25) is 0 Å². The molecule has 0 spiro atoms. The van der Waals surface area contributed by atoms with Crippen molar-refractivity contribution in [2.24, 2.45) is 4.99 Å². The van der Waals surface area contributed by atoms with Gasteiger partial charge in [0.15, 0.2) is 11.8 Å². The summed E-state index contributed by atoms with van der Waals surface area (Å²) in [5.41, 5.74) is 1.02. The van der Waals surface area contributed by atoms with Gasteiger partial charge in [0.1, 0.15) is 17.7 Å². The van der Waals surface area contributed by atoms with E-state index in [1.165, 1.54) is 12.1 Å². The summed E-state index contributed by atoms with van der Waals surface area (Å²) in [6, 6.07) is 11.9. The predicted molar refractivity (Wildman–Crippen MR) is 111 cm³/mol. The Morgan fingerprint density at radius 3 is 2.86 bits per heavy atom. The van der Waals surface area contributed by atoms with Crippen LogP contribution < -0.4 is 15.4 Å². The van der Waals surface area contributed by atoms with Gasteiger partial charge in [0.25, 0.3) is 0 Å². The molecule has 29 heavy (non-hydrogen) atoms. The Hall–Kier alpha value is -3.42. The Balaban J connectivity index is 1.57. The van der Waals surface area contributed by atoms with Crippen LogP contribution in [0.25, 0.3) is 5.82 Å². The Morgan fingerprint density at radius 1 is 1.21 bits per heavy atom. The third-order valence-corrected chi connectivity index (χ3v) is 4.00. The van der Waals surface area contributed by atoms with E-state index >= 15 is 0 Å². The van der Waals surface area contributed by atoms with Gasteiger partial charge in [-0.15, -0.1) is 0 Å². The number of halogens is 1. The summed E-state index contributed by atoms with van der Waals surface area (Å²) in [5.74, 6) is 1.62. The molecule has 0 saturated heterocycles. The molecule has 0 aliphatic carbocycles. The van der Waals surface area contributed by atoms with Crippen molar-refractivity contribution in [3.8, 4) is 11.6 Å². The smallest absolute Gasteiger partial charge is 0.191 e. The third-order valence-electron chi connectivity index (χ3n) is 4.00. The fourth-order valence-electron chi connectivity index (χ4n) is 2.66. The van der Waals surface area contributed by atoms with Gasteiger partial charge in [-0.25, -0.2) is 19.0 Å². The zero-order valence-corrected chi connectivity index (χ0v) is 16.5. The van der Waals surface area contributed by atoms with Gasteiger partial charge in [-0.2, -0.15) is 5.10 Å². The van der Waals surface area contributed by atoms with Crippen LogP contribution in [0.5, 0.6) is 5.75 Å². The number of benzene rings is 1. The molecule has 1 atom stereocenters. The molecule has 0 bridgehead atoms. The fourth-order valence-corrected chi connectivity index (χ4v) is 2.66. The molecule has 1 unspecified atom stereocenters. The largest absolute Gasteiger partial charge is 0.489 e. The van der Waals surface area contributed by atoms with E-state index in [1.54, 1.807) is 29.2 Å². The van der Waals surface area contributed by atoms with E-state index in [1.807, 2.05) is 38.2 Å². The predicted octanol–water partition coefficient (Wildman–Crippen LogP) is 2.93. The number of guanidine groups is 1. The second-order valence-electron chi connectivity index (χ2n) is 6.43. The van der Waals surface area contributed by atoms with E-state index in [0.29, 0.717) is 24.8 Å². The number of rotatable bonds is 8. The summed E-state index contributed by atoms with van der Waals surface area (Å²) in [4.78, 5) is 8.95. The molecular weight excluding hydrogens is 371 g/mol. The van der Waals surface area contributed by atoms with Gasteiger partial charge in [-0.1, -0.05) is 6.07 Å². The molecule has 0 amide bonds. The average molecular weight is 396 g/mol. The van der Waals surface area contributed by atoms with Gasteiger partial charge in [0.2, 0.25) is 0 Å². The molecule has 152 valence electrons. The van der Waals surface area contributed by atoms with Crippen LogP contribution in [0.2, 0.25) is 0 Å². The maximum Gasteiger partial charge on any atom is 0.191 e. The van der Waals surface area contributed by atoms with Crippen molar-refractivity contribution in [3.05, 3.63) is 72.4 Å². The number of nitrogens with zero attached hydrogens (tertiary/aromatic N) is 4. The SMILES string of the molecule is CCNC(=NCc1ccnc(-n2cccn2)c1)NCC(C)Oc1cccc(F)c1. The molecule has 3 aromatic rings. The van der Waals surface area contributed by atoms with Crippen LogP contribution in [0, 0.1) is 5.82 Å². The van der Waals surface area contributed by atoms with Crippen LogP contribution in [-0.2, 0) is 6.54 Å². The second kappa shape index (κ2) is 10.2. The standard InChI is InChI=1S/C21H25FN6O/c1-3-23-21(25-14-16(2)29-19-7-4-6-18(22)13-19)26-15-17-8-10-24-20(12-17)28-11-5-9-27-28/h4-13,16H,3,14-15H2,1-2H3,(H2,23,25,26). The first-order chi connectivity index (χ1) is 14.1. The minimum absolute atomic E-state index is 0.159. The molecule has 0 aliphatic heterocycles. The van der Waals surface area contributed by atoms with Crippen molar-refractivity contribution in [1.82, 2.24) is 25.4 Å². The molecule has 0 aliphatic rings. The maximum atomic E-state index is 13.3. The topological polar surface area (TPSA) is 76.4 Å². The summed E-state index contributed by atoms with van der Waals surface area (Å²) in [6.07, 6.45) is 5.15. The van der Waals surface area contributed by atoms with Crippen molar-refractivity contribution in [3.63, 3.8) is 0 Å². The number of aliphatic imine (C=N–C) groups is 1. The van der Waals surface area contributed by atoms with Crippen LogP contribution in [-0.4, -0.2) is 39.9 Å². The lowest BCUT2D eigenvalue weighted by Gasteiger charge is -2.17. The lowest BCUT2D eigenvalue weighted by atomic mass is 10.2. The number of hydrogen-bond acceptors (Lipinski definition) is 4. The van der Waals surface area contributed by atoms with Crippen molar-refractivity contribution < 1.29 is 9.13 Å². The lowest BCUT2D eigenvalue weighted by Crippen LogP contribution is -2.41. The van der Waals surface area contributed by atoms with Gasteiger partial charge in [0, 0.05) is 31.2 Å². The monoisotopic (exact) mass is 396 g/mol. The van der Waals surface area contributed by atoms with Gasteiger partial charge < -0.3 is 15.4 Å². The van der Waals surface area contributed by atoms with Crippen molar-refractivity contribution >= 4 is 5.96 Å². The number of aromatic nitrogens is 3. The molecule has 2 heterocycles. The highest BCUT2D eigenvalue weighted by atomic mass is 19.1. The molecule has 2 aromatic heterocycles. The van der Waals surface area contributed by atoms with Crippen molar-refractivity contribution in [2.75, 3.05) is 13.1 Å². The van der Waals surface area contributed by atoms with Crippen LogP contribution >= 0.6 is 0 Å². The van der Waals surface area contributed by atoms with Gasteiger partial charge in [0.05, 0.1) is 13.1 Å². The Kier molecular flexibility index (Phi) is 7.16. The van der Waals surface area contributed by atoms with E-state index < -0.39 is 0 Å². The van der Waals surface area contributed by atoms with E-state index in [0.717, 1.165) is 17.9 Å². The highest BCUT2D eigenvalue weighted by Crippen LogP contribution is 2.13. The minimum atomic E-state index is -0.315. The lowest BCUT2D eigenvalue weighted by molar-refractivity contribution is 0.223. The quantitative estimate of drug-likeness (QED) is 0.452. The summed E-state index contributed by atoms with van der Waals surface area (Å²) in [7, 11) is 0. The highest BCUT2D eigenvalue weighted by molar-refractivity contribution is 5.79. The molecule has 2 N–H and O–H groups in total. The average Bonchev–Trinajstić information content (AvgIpc) is 3.25. The van der Waals surface area contributed by atoms with Gasteiger partial charge >= 0.3 is 0 Å². The zero-order valence-electron chi connectivity index (χ0n) is 16.5. The zero-order chi connectivity index (χ0) is 20.5. The van der Waals surface area contributed by atoms with Crippen LogP contribution in [0.1, 0.15) is 19.4 Å². The maximum absolute atomic E-state index is 13.3. The molecule has 3 rings (SSSR count). The minimum Gasteiger partial charge on any atom is -0.489 e. The van der Waals surface area contributed by atoms with Crippen LogP contribution in [0.4, 0.5) is 4.39 Å². The summed E-state index contributed by atoms with van der Waals surface area (Å²) in [6.45, 7) is 5.68. The molecule has 0 saturated carbocycles. The molecular formula is C21H25FN6O. The van der Waals surface area contributed by atoms with E-state index in [2.05, 4.69) is 25.7 Å². The second-order valence-corrected chi connectivity index (χ2v) is 6.43. The number of hydrogen-bond donors (Lipinski definition) is 2. The summed E-state index contributed by atoms with van der Waals surface area (Å²) < 4.78 is 20.7. The Morgan fingerprint density at radius 2 is 2.10 bits per heavy atom. The molecule has 7 nitrogen and oxygen atoms in total. The molecule has 0 fully saturated rings. The number of ether oxygens (including phenoxy) is 1. The Bertz CT molecular complexity index is 928. The molecule has 8 heteroatoms. The number of pyridine rings is 1. The molecule has 0 radical (unpaired) electrons. The van der Waals surface area contributed by atoms with Gasteiger partial charge in [-0.05, 0) is 49.7 Å². The van der Waals surface area contributed by atoms with Crippen molar-refractivity contribution in [1.29, 1.82) is 0 Å². The van der Waals surface area contributed by atoms with E-state index in [9.17, 15) is 4.39 Å². The summed E-state index contributed by atoms with van der Waals surface area (Å²) in [5, 5.41) is 10.7. The van der Waals surface area contributed by atoms with E-state index in [-0.39, 0.29) is 11.9 Å². The first kappa shape index (κ1) is 20.3. The van der Waals surface area contributed by atoms with Crippen LogP contribution in [0.3, 0.4) is 0 Å². The first-order valence-electron chi connectivity index (χ1n) is 9.53. The number of nitrogens with one attached hydrogen (secondary N) is 2. The van der Waals surface area contributed by atoms with Crippen molar-refractivity contribution in [2.45, 2.75) is 26.5 Å². The highest BCUT2D eigenvalue weighted by Gasteiger charge is 2.07. The Labute approximate surface area is 169 Å². The van der Waals surface area contributed by atoms with E-state index in [4.69, 9.17) is 4.74 Å². The summed E-state index contributed by atoms with van der Waals surface area (Å²) >= 11 is 0. The fraction of sp³-hybridized carbons (Fsp3) is 0.286. The first-order valence-corrected chi connectivity index (χ1v) is 9.53. The third kappa shape index (κ3) is 6.31. The van der Waals surface area contributed by atoms with Crippen LogP contribution in [0.15, 0.2) is 66.0 Å².